The molecule has 1 rings (SSSR count). The minimum Gasteiger partial charge on any atom is -0.346 e. The van der Waals surface area contributed by atoms with E-state index in [2.05, 4.69) is 10.4 Å². The van der Waals surface area contributed by atoms with Crippen LogP contribution < -0.4 is 10.6 Å². The number of hydrogen-bond donors (Lipinski definition) is 2. The quantitative estimate of drug-likeness (QED) is 0.784. The van der Waals surface area contributed by atoms with Crippen LogP contribution in [0.2, 0.25) is 0 Å². The van der Waals surface area contributed by atoms with Gasteiger partial charge >= 0.3 is 6.18 Å². The number of amides is 1. The lowest BCUT2D eigenvalue weighted by Crippen LogP contribution is -2.39. The van der Waals surface area contributed by atoms with E-state index in [1.165, 1.54) is 0 Å². The molecule has 0 aliphatic heterocycles. The van der Waals surface area contributed by atoms with Crippen LogP contribution in [0.4, 0.5) is 13.2 Å². The summed E-state index contributed by atoms with van der Waals surface area (Å²) in [4.78, 5) is 11.0. The van der Waals surface area contributed by atoms with Crippen LogP contribution >= 0.6 is 0 Å². The summed E-state index contributed by atoms with van der Waals surface area (Å²) in [5, 5.41) is 8.40. The number of halogens is 3. The maximum absolute atomic E-state index is 11.8. The van der Waals surface area contributed by atoms with E-state index in [0.717, 1.165) is 5.69 Å². The van der Waals surface area contributed by atoms with Crippen molar-refractivity contribution in [3.8, 4) is 0 Å². The number of hydrogen-bond acceptors (Lipinski definition) is 3. The number of aromatic nitrogens is 2. The van der Waals surface area contributed by atoms with Gasteiger partial charge in [-0.05, 0) is 6.07 Å². The van der Waals surface area contributed by atoms with Gasteiger partial charge < -0.3 is 10.6 Å². The summed E-state index contributed by atoms with van der Waals surface area (Å²) in [6.45, 7) is -1.10. The summed E-state index contributed by atoms with van der Waals surface area (Å²) in [5.41, 5.74) is 0.841. The molecular formula is C9H13F3N4O. The van der Waals surface area contributed by atoms with E-state index in [9.17, 15) is 18.0 Å². The van der Waals surface area contributed by atoms with Crippen molar-refractivity contribution in [2.45, 2.75) is 12.7 Å². The van der Waals surface area contributed by atoms with E-state index in [1.54, 1.807) is 29.3 Å². The highest BCUT2D eigenvalue weighted by atomic mass is 19.4. The number of alkyl halides is 3. The van der Waals surface area contributed by atoms with Crippen molar-refractivity contribution in [2.24, 2.45) is 7.05 Å². The van der Waals surface area contributed by atoms with Crippen molar-refractivity contribution >= 4 is 5.91 Å². The van der Waals surface area contributed by atoms with Crippen LogP contribution in [-0.4, -0.2) is 35.0 Å². The van der Waals surface area contributed by atoms with Gasteiger partial charge in [-0.2, -0.15) is 18.3 Å². The molecule has 0 bridgehead atoms. The Morgan fingerprint density at radius 2 is 2.24 bits per heavy atom. The Morgan fingerprint density at radius 3 is 2.76 bits per heavy atom. The topological polar surface area (TPSA) is 59.0 Å². The zero-order chi connectivity index (χ0) is 12.9. The third-order valence-corrected chi connectivity index (χ3v) is 2.00. The Balaban J connectivity index is 2.19. The first-order valence-corrected chi connectivity index (χ1v) is 4.89. The van der Waals surface area contributed by atoms with Gasteiger partial charge in [0.05, 0.1) is 12.2 Å². The third-order valence-electron chi connectivity index (χ3n) is 2.00. The summed E-state index contributed by atoms with van der Waals surface area (Å²) in [7, 11) is 1.74. The fourth-order valence-electron chi connectivity index (χ4n) is 1.14. The Labute approximate surface area is 96.0 Å². The van der Waals surface area contributed by atoms with Gasteiger partial charge in [0.2, 0.25) is 5.91 Å². The SMILES string of the molecule is Cn1nccc1CNCC(=O)NCC(F)(F)F. The van der Waals surface area contributed by atoms with Gasteiger partial charge in [-0.1, -0.05) is 0 Å². The van der Waals surface area contributed by atoms with E-state index in [0.29, 0.717) is 6.54 Å². The number of aryl methyl sites for hydroxylation is 1. The summed E-state index contributed by atoms with van der Waals surface area (Å²) in [5.74, 6) is -0.690. The molecule has 0 unspecified atom stereocenters. The highest BCUT2D eigenvalue weighted by Gasteiger charge is 2.27. The van der Waals surface area contributed by atoms with E-state index in [4.69, 9.17) is 0 Å². The number of carbonyl (C=O) groups is 1. The molecule has 0 aliphatic rings. The molecule has 96 valence electrons. The molecule has 5 nitrogen and oxygen atoms in total. The van der Waals surface area contributed by atoms with Gasteiger partial charge in [-0.3, -0.25) is 9.48 Å². The van der Waals surface area contributed by atoms with E-state index >= 15 is 0 Å². The first-order chi connectivity index (χ1) is 7.88. The van der Waals surface area contributed by atoms with Crippen molar-refractivity contribution < 1.29 is 18.0 Å². The minimum atomic E-state index is -4.38. The van der Waals surface area contributed by atoms with Crippen molar-refractivity contribution in [2.75, 3.05) is 13.1 Å². The molecule has 0 radical (unpaired) electrons. The maximum atomic E-state index is 11.8. The summed E-state index contributed by atoms with van der Waals surface area (Å²) >= 11 is 0. The minimum absolute atomic E-state index is 0.165. The van der Waals surface area contributed by atoms with Crippen LogP contribution in [0.25, 0.3) is 0 Å². The maximum Gasteiger partial charge on any atom is 0.405 e. The van der Waals surface area contributed by atoms with Crippen LogP contribution in [-0.2, 0) is 18.4 Å². The van der Waals surface area contributed by atoms with Gasteiger partial charge in [0.1, 0.15) is 6.54 Å². The first-order valence-electron chi connectivity index (χ1n) is 4.89. The number of carbonyl (C=O) groups excluding carboxylic acids is 1. The molecule has 2 N–H and O–H groups in total. The van der Waals surface area contributed by atoms with Gasteiger partial charge in [-0.25, -0.2) is 0 Å². The number of nitrogens with zero attached hydrogens (tertiary/aromatic N) is 2. The summed E-state index contributed by atoms with van der Waals surface area (Å²) in [6, 6.07) is 1.75. The molecule has 1 aromatic heterocycles. The fourth-order valence-corrected chi connectivity index (χ4v) is 1.14. The standard InChI is InChI=1S/C9H13F3N4O/c1-16-7(2-3-15-16)4-13-5-8(17)14-6-9(10,11)12/h2-3,13H,4-6H2,1H3,(H,14,17). The van der Waals surface area contributed by atoms with Crippen molar-refractivity contribution in [1.82, 2.24) is 20.4 Å². The van der Waals surface area contributed by atoms with Gasteiger partial charge in [0.15, 0.2) is 0 Å². The summed E-state index contributed by atoms with van der Waals surface area (Å²) in [6.07, 6.45) is -2.78. The van der Waals surface area contributed by atoms with Gasteiger partial charge in [-0.15, -0.1) is 0 Å². The molecular weight excluding hydrogens is 237 g/mol. The van der Waals surface area contributed by atoms with Crippen molar-refractivity contribution in [3.05, 3.63) is 18.0 Å². The molecule has 0 aromatic carbocycles. The third kappa shape index (κ3) is 5.34. The molecule has 8 heteroatoms. The van der Waals surface area contributed by atoms with E-state index < -0.39 is 18.6 Å². The Hall–Kier alpha value is -1.57. The molecule has 1 aromatic rings. The normalized spacial score (nSPS) is 11.5. The number of rotatable bonds is 5. The Morgan fingerprint density at radius 1 is 1.53 bits per heavy atom. The van der Waals surface area contributed by atoms with Crippen LogP contribution in [0.1, 0.15) is 5.69 Å². The molecule has 0 saturated heterocycles. The second-order valence-electron chi connectivity index (χ2n) is 3.44. The van der Waals surface area contributed by atoms with E-state index in [-0.39, 0.29) is 6.54 Å². The van der Waals surface area contributed by atoms with Crippen LogP contribution in [0, 0.1) is 0 Å². The Bertz CT molecular complexity index is 375. The Kier molecular flexibility index (Phi) is 4.50. The monoisotopic (exact) mass is 250 g/mol. The lowest BCUT2D eigenvalue weighted by atomic mass is 10.4. The zero-order valence-electron chi connectivity index (χ0n) is 9.21. The largest absolute Gasteiger partial charge is 0.405 e. The highest BCUT2D eigenvalue weighted by Crippen LogP contribution is 2.11. The fraction of sp³-hybridized carbons (Fsp3) is 0.556. The lowest BCUT2D eigenvalue weighted by molar-refractivity contribution is -0.137. The average Bonchev–Trinajstić information content (AvgIpc) is 2.61. The number of nitrogens with one attached hydrogen (secondary N) is 2. The van der Waals surface area contributed by atoms with Crippen LogP contribution in [0.15, 0.2) is 12.3 Å². The molecule has 0 atom stereocenters. The first kappa shape index (κ1) is 13.5. The summed E-state index contributed by atoms with van der Waals surface area (Å²) < 4.78 is 36.9. The average molecular weight is 250 g/mol. The molecule has 1 amide bonds. The molecule has 0 fully saturated rings. The second-order valence-corrected chi connectivity index (χ2v) is 3.44. The molecule has 1 heterocycles. The highest BCUT2D eigenvalue weighted by molar-refractivity contribution is 5.77. The predicted octanol–water partition coefficient (Wildman–Crippen LogP) is 0.188. The van der Waals surface area contributed by atoms with E-state index in [1.807, 2.05) is 0 Å². The molecule has 17 heavy (non-hydrogen) atoms. The molecule has 0 aliphatic carbocycles. The second kappa shape index (κ2) is 5.67. The van der Waals surface area contributed by atoms with Gasteiger partial charge in [0, 0.05) is 19.8 Å². The predicted molar refractivity (Wildman–Crippen MR) is 54.0 cm³/mol. The van der Waals surface area contributed by atoms with Gasteiger partial charge in [0.25, 0.3) is 0 Å². The smallest absolute Gasteiger partial charge is 0.346 e. The van der Waals surface area contributed by atoms with Crippen molar-refractivity contribution in [1.29, 1.82) is 0 Å². The lowest BCUT2D eigenvalue weighted by Gasteiger charge is -2.09. The molecule has 0 spiro atoms. The van der Waals surface area contributed by atoms with Crippen LogP contribution in [0.5, 0.6) is 0 Å². The zero-order valence-corrected chi connectivity index (χ0v) is 9.21. The van der Waals surface area contributed by atoms with Crippen molar-refractivity contribution in [3.63, 3.8) is 0 Å². The van der Waals surface area contributed by atoms with Crippen LogP contribution in [0.3, 0.4) is 0 Å². The molecule has 0 saturated carbocycles.